The molecule has 0 amide bonds. The monoisotopic (exact) mass is 538 g/mol. The summed E-state index contributed by atoms with van der Waals surface area (Å²) in [5.74, 6) is 1.15. The number of imidazole rings is 3. The van der Waals surface area contributed by atoms with Gasteiger partial charge in [-0.3, -0.25) is 4.90 Å². The van der Waals surface area contributed by atoms with Gasteiger partial charge in [-0.1, -0.05) is 24.3 Å². The lowest BCUT2D eigenvalue weighted by atomic mass is 10.2. The van der Waals surface area contributed by atoms with Crippen molar-refractivity contribution < 1.29 is 9.90 Å². The molecule has 7 N–H and O–H groups in total. The summed E-state index contributed by atoms with van der Waals surface area (Å²) in [6, 6.07) is 20.8. The molecule has 6 rings (SSSR count). The summed E-state index contributed by atoms with van der Waals surface area (Å²) in [5.41, 5.74) is 5.50. The molecule has 12 heteroatoms. The van der Waals surface area contributed by atoms with Gasteiger partial charge in [-0.15, -0.1) is 0 Å². The van der Waals surface area contributed by atoms with Crippen molar-refractivity contribution in [1.82, 2.24) is 34.8 Å². The Balaban J connectivity index is 1.06. The first-order chi connectivity index (χ1) is 19.6. The Labute approximate surface area is 229 Å². The molecular formula is C28H30N10O2. The van der Waals surface area contributed by atoms with Gasteiger partial charge in [0, 0.05) is 39.3 Å². The fourth-order valence-electron chi connectivity index (χ4n) is 4.63. The van der Waals surface area contributed by atoms with Crippen LogP contribution in [-0.4, -0.2) is 85.1 Å². The average molecular weight is 539 g/mol. The van der Waals surface area contributed by atoms with E-state index in [9.17, 15) is 9.90 Å². The lowest BCUT2D eigenvalue weighted by Crippen LogP contribution is -2.37. The number of nitrogens with zero attached hydrogens (tertiary/aromatic N) is 4. The van der Waals surface area contributed by atoms with Gasteiger partial charge in [-0.25, -0.2) is 19.7 Å². The Morgan fingerprint density at radius 1 is 0.650 bits per heavy atom. The lowest BCUT2D eigenvalue weighted by Gasteiger charge is -2.22. The van der Waals surface area contributed by atoms with Crippen LogP contribution in [0.25, 0.3) is 33.1 Å². The highest BCUT2D eigenvalue weighted by Crippen LogP contribution is 2.17. The first-order valence-electron chi connectivity index (χ1n) is 13.2. The van der Waals surface area contributed by atoms with E-state index in [4.69, 9.17) is 0 Å². The van der Waals surface area contributed by atoms with E-state index >= 15 is 0 Å². The first-order valence-corrected chi connectivity index (χ1v) is 13.2. The van der Waals surface area contributed by atoms with Crippen LogP contribution < -0.4 is 16.0 Å². The predicted octanol–water partition coefficient (Wildman–Crippen LogP) is 3.95. The molecule has 0 radical (unpaired) electrons. The number of para-hydroxylation sites is 4. The zero-order valence-electron chi connectivity index (χ0n) is 21.7. The van der Waals surface area contributed by atoms with Crippen molar-refractivity contribution in [3.63, 3.8) is 0 Å². The number of aromatic carboxylic acids is 1. The average Bonchev–Trinajstić information content (AvgIpc) is 3.67. The Hall–Kier alpha value is -5.10. The minimum atomic E-state index is -0.964. The number of aromatic amines is 3. The molecule has 0 atom stereocenters. The van der Waals surface area contributed by atoms with Crippen molar-refractivity contribution in [3.8, 4) is 0 Å². The standard InChI is InChI=1S/C28H30N10O2/c39-25(40)18-9-10-23-24(17-18)37-28(36-23)31-13-16-38(14-11-29-26-32-19-5-1-2-6-20(19)33-26)15-12-30-27-34-21-7-3-4-8-22(21)35-27/h1-10,17H,11-16H2,(H,39,40)(H2,29,32,33)(H2,30,34,35)(H2,31,36,37). The van der Waals surface area contributed by atoms with E-state index < -0.39 is 5.97 Å². The molecule has 0 aliphatic rings. The molecule has 204 valence electrons. The smallest absolute Gasteiger partial charge is 0.335 e. The molecule has 3 heterocycles. The van der Waals surface area contributed by atoms with Crippen LogP contribution in [0.3, 0.4) is 0 Å². The van der Waals surface area contributed by atoms with Crippen molar-refractivity contribution in [2.24, 2.45) is 0 Å². The van der Waals surface area contributed by atoms with Crippen LogP contribution in [0.5, 0.6) is 0 Å². The number of hydrogen-bond acceptors (Lipinski definition) is 8. The largest absolute Gasteiger partial charge is 0.478 e. The minimum absolute atomic E-state index is 0.225. The maximum absolute atomic E-state index is 11.3. The van der Waals surface area contributed by atoms with Gasteiger partial charge >= 0.3 is 5.97 Å². The SMILES string of the molecule is O=C(O)c1ccc2nc(NCCN(CCNc3nc4ccccc4[nH]3)CCNc3nc4ccccc4[nH]3)[nH]c2c1. The van der Waals surface area contributed by atoms with E-state index in [0.717, 1.165) is 59.1 Å². The van der Waals surface area contributed by atoms with Crippen molar-refractivity contribution in [3.05, 3.63) is 72.3 Å². The summed E-state index contributed by atoms with van der Waals surface area (Å²) in [6.45, 7) is 4.44. The second-order valence-electron chi connectivity index (χ2n) is 9.45. The predicted molar refractivity (Wildman–Crippen MR) is 157 cm³/mol. The van der Waals surface area contributed by atoms with Crippen molar-refractivity contribution in [2.75, 3.05) is 55.2 Å². The van der Waals surface area contributed by atoms with Crippen molar-refractivity contribution >= 4 is 56.9 Å². The Morgan fingerprint density at radius 3 is 1.57 bits per heavy atom. The molecule has 0 bridgehead atoms. The third-order valence-corrected chi connectivity index (χ3v) is 6.67. The zero-order chi connectivity index (χ0) is 27.3. The van der Waals surface area contributed by atoms with Crippen molar-refractivity contribution in [1.29, 1.82) is 0 Å². The molecule has 0 aliphatic carbocycles. The second kappa shape index (κ2) is 11.3. The maximum atomic E-state index is 11.3. The highest BCUT2D eigenvalue weighted by Gasteiger charge is 2.10. The molecule has 0 saturated heterocycles. The summed E-state index contributed by atoms with van der Waals surface area (Å²) in [6.07, 6.45) is 0. The Morgan fingerprint density at radius 2 is 1.10 bits per heavy atom. The molecule has 0 fully saturated rings. The lowest BCUT2D eigenvalue weighted by molar-refractivity contribution is 0.0697. The van der Waals surface area contributed by atoms with Crippen LogP contribution >= 0.6 is 0 Å². The van der Waals surface area contributed by atoms with E-state index in [1.165, 1.54) is 0 Å². The number of nitrogens with one attached hydrogen (secondary N) is 6. The van der Waals surface area contributed by atoms with Gasteiger partial charge < -0.3 is 36.0 Å². The third-order valence-electron chi connectivity index (χ3n) is 6.67. The molecule has 0 unspecified atom stereocenters. The number of fused-ring (bicyclic) bond motifs is 3. The number of carboxylic acids is 1. The molecule has 12 nitrogen and oxygen atoms in total. The number of carboxylic acid groups (broad SMARTS) is 1. The molecule has 3 aromatic carbocycles. The van der Waals surface area contributed by atoms with Gasteiger partial charge in [0.05, 0.1) is 38.7 Å². The van der Waals surface area contributed by atoms with E-state index in [1.54, 1.807) is 18.2 Å². The van der Waals surface area contributed by atoms with Gasteiger partial charge in [0.25, 0.3) is 0 Å². The summed E-state index contributed by atoms with van der Waals surface area (Å²) in [7, 11) is 0. The second-order valence-corrected chi connectivity index (χ2v) is 9.45. The van der Waals surface area contributed by atoms with Crippen LogP contribution in [0.2, 0.25) is 0 Å². The van der Waals surface area contributed by atoms with Gasteiger partial charge in [0.15, 0.2) is 0 Å². The van der Waals surface area contributed by atoms with Crippen LogP contribution in [0, 0.1) is 0 Å². The van der Waals surface area contributed by atoms with Gasteiger partial charge in [-0.05, 0) is 42.5 Å². The van der Waals surface area contributed by atoms with Crippen LogP contribution in [0.4, 0.5) is 17.8 Å². The minimum Gasteiger partial charge on any atom is -0.478 e. The molecule has 40 heavy (non-hydrogen) atoms. The number of anilines is 3. The highest BCUT2D eigenvalue weighted by atomic mass is 16.4. The maximum Gasteiger partial charge on any atom is 0.335 e. The van der Waals surface area contributed by atoms with Gasteiger partial charge in [0.2, 0.25) is 17.8 Å². The summed E-state index contributed by atoms with van der Waals surface area (Å²) < 4.78 is 0. The third kappa shape index (κ3) is 5.81. The fraction of sp³-hybridized carbons (Fsp3) is 0.214. The van der Waals surface area contributed by atoms with E-state index in [2.05, 4.69) is 50.8 Å². The van der Waals surface area contributed by atoms with Gasteiger partial charge in [0.1, 0.15) is 0 Å². The molecule has 6 aromatic rings. The highest BCUT2D eigenvalue weighted by molar-refractivity contribution is 5.92. The number of benzene rings is 3. The Bertz CT molecular complexity index is 1610. The molecular weight excluding hydrogens is 508 g/mol. The first kappa shape index (κ1) is 25.2. The Kier molecular flexibility index (Phi) is 7.14. The van der Waals surface area contributed by atoms with Crippen LogP contribution in [-0.2, 0) is 0 Å². The quantitative estimate of drug-likeness (QED) is 0.115. The van der Waals surface area contributed by atoms with E-state index in [1.807, 2.05) is 48.5 Å². The summed E-state index contributed by atoms with van der Waals surface area (Å²) in [4.78, 5) is 37.1. The number of carbonyl (C=O) groups is 1. The van der Waals surface area contributed by atoms with Crippen molar-refractivity contribution in [2.45, 2.75) is 0 Å². The summed E-state index contributed by atoms with van der Waals surface area (Å²) in [5, 5.41) is 19.4. The normalized spacial score (nSPS) is 11.5. The zero-order valence-corrected chi connectivity index (χ0v) is 21.7. The topological polar surface area (TPSA) is 163 Å². The number of rotatable bonds is 13. The van der Waals surface area contributed by atoms with Crippen LogP contribution in [0.1, 0.15) is 10.4 Å². The van der Waals surface area contributed by atoms with E-state index in [-0.39, 0.29) is 5.56 Å². The van der Waals surface area contributed by atoms with E-state index in [0.29, 0.717) is 31.1 Å². The summed E-state index contributed by atoms with van der Waals surface area (Å²) >= 11 is 0. The van der Waals surface area contributed by atoms with Gasteiger partial charge in [-0.2, -0.15) is 0 Å². The molecule has 0 saturated carbocycles. The number of aromatic nitrogens is 6. The number of hydrogen-bond donors (Lipinski definition) is 7. The molecule has 3 aromatic heterocycles. The molecule has 0 spiro atoms. The molecule has 0 aliphatic heterocycles. The van der Waals surface area contributed by atoms with Crippen LogP contribution in [0.15, 0.2) is 66.7 Å². The fourth-order valence-corrected chi connectivity index (χ4v) is 4.63. The number of H-pyrrole nitrogens is 3.